The second-order valence-electron chi connectivity index (χ2n) is 6.13. The van der Waals surface area contributed by atoms with Crippen LogP contribution >= 0.6 is 0 Å². The molecule has 1 atom stereocenters. The smallest absolute Gasteiger partial charge is 0.321 e. The van der Waals surface area contributed by atoms with Gasteiger partial charge in [0.05, 0.1) is 11.9 Å². The molecule has 6 nitrogen and oxygen atoms in total. The Bertz CT molecular complexity index is 846. The fourth-order valence-electron chi connectivity index (χ4n) is 3.09. The summed E-state index contributed by atoms with van der Waals surface area (Å²) < 4.78 is 25.4. The number of likely N-dealkylation sites (tertiary alicyclic amines) is 1. The quantitative estimate of drug-likeness (QED) is 0.895. The lowest BCUT2D eigenvalue weighted by molar-refractivity contribution is 0.190. The Kier molecular flexibility index (Phi) is 4.73. The molecule has 2 aromatic carbocycles. The molecule has 1 fully saturated rings. The second-order valence-corrected chi connectivity index (χ2v) is 7.91. The molecule has 0 aliphatic carbocycles. The number of hydrogen-bond acceptors (Lipinski definition) is 3. The molecule has 128 valence electrons. The molecule has 3 rings (SSSR count). The van der Waals surface area contributed by atoms with Crippen LogP contribution in [-0.4, -0.2) is 44.7 Å². The Hall–Kier alpha value is -2.12. The number of hydrogen-bond donors (Lipinski definition) is 2. The first kappa shape index (κ1) is 16.7. The van der Waals surface area contributed by atoms with Gasteiger partial charge in [0.15, 0.2) is 0 Å². The average molecular weight is 347 g/mol. The number of anilines is 1. The highest BCUT2D eigenvalue weighted by molar-refractivity contribution is 7.88. The van der Waals surface area contributed by atoms with Crippen molar-refractivity contribution >= 4 is 32.5 Å². The standard InChI is InChI=1S/C17H21N3O3S/c1-24(22,23)19-14-8-5-11-20(12-14)17(21)18-16-10-4-7-13-6-2-3-9-15(13)16/h2-4,6-7,9-10,14,19H,5,8,11-12H2,1H3,(H,18,21). The highest BCUT2D eigenvalue weighted by Crippen LogP contribution is 2.23. The number of carbonyl (C=O) groups excluding carboxylic acids is 1. The first-order valence-electron chi connectivity index (χ1n) is 7.93. The number of piperidine rings is 1. The van der Waals surface area contributed by atoms with Crippen LogP contribution in [0.25, 0.3) is 10.8 Å². The SMILES string of the molecule is CS(=O)(=O)NC1CCCN(C(=O)Nc2cccc3ccccc23)C1. The lowest BCUT2D eigenvalue weighted by Gasteiger charge is -2.32. The number of nitrogens with one attached hydrogen (secondary N) is 2. The third kappa shape index (κ3) is 4.04. The van der Waals surface area contributed by atoms with Crippen molar-refractivity contribution in [3.63, 3.8) is 0 Å². The highest BCUT2D eigenvalue weighted by atomic mass is 32.2. The van der Waals surface area contributed by atoms with E-state index in [1.165, 1.54) is 0 Å². The van der Waals surface area contributed by atoms with Crippen LogP contribution in [0.5, 0.6) is 0 Å². The van der Waals surface area contributed by atoms with Gasteiger partial charge in [-0.3, -0.25) is 0 Å². The monoisotopic (exact) mass is 347 g/mol. The summed E-state index contributed by atoms with van der Waals surface area (Å²) in [6.07, 6.45) is 2.66. The average Bonchev–Trinajstić information content (AvgIpc) is 2.54. The lowest BCUT2D eigenvalue weighted by Crippen LogP contribution is -2.50. The zero-order chi connectivity index (χ0) is 17.2. The van der Waals surface area contributed by atoms with Gasteiger partial charge in [-0.25, -0.2) is 17.9 Å². The summed E-state index contributed by atoms with van der Waals surface area (Å²) in [4.78, 5) is 14.2. The van der Waals surface area contributed by atoms with Gasteiger partial charge >= 0.3 is 6.03 Å². The minimum atomic E-state index is -3.27. The van der Waals surface area contributed by atoms with Gasteiger partial charge in [-0.15, -0.1) is 0 Å². The molecular formula is C17H21N3O3S. The van der Waals surface area contributed by atoms with Crippen molar-refractivity contribution in [3.05, 3.63) is 42.5 Å². The van der Waals surface area contributed by atoms with Gasteiger partial charge in [0.1, 0.15) is 0 Å². The zero-order valence-corrected chi connectivity index (χ0v) is 14.3. The van der Waals surface area contributed by atoms with E-state index in [2.05, 4.69) is 10.0 Å². The molecule has 24 heavy (non-hydrogen) atoms. The minimum absolute atomic E-state index is 0.202. The van der Waals surface area contributed by atoms with E-state index in [1.807, 2.05) is 42.5 Å². The molecule has 7 heteroatoms. The second kappa shape index (κ2) is 6.78. The Morgan fingerprint density at radius 3 is 2.71 bits per heavy atom. The number of urea groups is 1. The van der Waals surface area contributed by atoms with Crippen molar-refractivity contribution in [2.75, 3.05) is 24.7 Å². The molecule has 2 N–H and O–H groups in total. The first-order chi connectivity index (χ1) is 11.4. The van der Waals surface area contributed by atoms with Gasteiger partial charge in [0.2, 0.25) is 10.0 Å². The highest BCUT2D eigenvalue weighted by Gasteiger charge is 2.25. The summed E-state index contributed by atoms with van der Waals surface area (Å²) >= 11 is 0. The predicted molar refractivity (Wildman–Crippen MR) is 95.5 cm³/mol. The summed E-state index contributed by atoms with van der Waals surface area (Å²) in [5.74, 6) is 0. The maximum atomic E-state index is 12.6. The largest absolute Gasteiger partial charge is 0.323 e. The molecule has 0 spiro atoms. The van der Waals surface area contributed by atoms with E-state index in [4.69, 9.17) is 0 Å². The van der Waals surface area contributed by atoms with Crippen LogP contribution in [0.15, 0.2) is 42.5 Å². The molecule has 1 unspecified atom stereocenters. The fourth-order valence-corrected chi connectivity index (χ4v) is 3.89. The van der Waals surface area contributed by atoms with Crippen molar-refractivity contribution in [3.8, 4) is 0 Å². The van der Waals surface area contributed by atoms with Gasteiger partial charge in [-0.1, -0.05) is 36.4 Å². The van der Waals surface area contributed by atoms with Gasteiger partial charge in [0.25, 0.3) is 0 Å². The number of sulfonamides is 1. The molecule has 0 bridgehead atoms. The van der Waals surface area contributed by atoms with E-state index in [0.29, 0.717) is 13.1 Å². The van der Waals surface area contributed by atoms with Crippen LogP contribution in [0.1, 0.15) is 12.8 Å². The summed E-state index contributed by atoms with van der Waals surface area (Å²) in [6.45, 7) is 1.00. The van der Waals surface area contributed by atoms with Crippen LogP contribution in [-0.2, 0) is 10.0 Å². The number of benzene rings is 2. The fraction of sp³-hybridized carbons (Fsp3) is 0.353. The van der Waals surface area contributed by atoms with Crippen LogP contribution in [0, 0.1) is 0 Å². The number of rotatable bonds is 3. The van der Waals surface area contributed by atoms with Crippen LogP contribution in [0.2, 0.25) is 0 Å². The number of nitrogens with zero attached hydrogens (tertiary/aromatic N) is 1. The van der Waals surface area contributed by atoms with E-state index in [-0.39, 0.29) is 12.1 Å². The Balaban J connectivity index is 1.72. The Morgan fingerprint density at radius 1 is 1.17 bits per heavy atom. The summed E-state index contributed by atoms with van der Waals surface area (Å²) in [5, 5.41) is 4.99. The van der Waals surface area contributed by atoms with E-state index in [1.54, 1.807) is 4.90 Å². The maximum Gasteiger partial charge on any atom is 0.321 e. The third-order valence-electron chi connectivity index (χ3n) is 4.12. The molecule has 2 amide bonds. The zero-order valence-electron chi connectivity index (χ0n) is 13.5. The normalized spacial score (nSPS) is 18.5. The van der Waals surface area contributed by atoms with Crippen molar-refractivity contribution in [2.45, 2.75) is 18.9 Å². The molecule has 1 saturated heterocycles. The van der Waals surface area contributed by atoms with Crippen LogP contribution in [0.3, 0.4) is 0 Å². The molecule has 0 aromatic heterocycles. The summed E-state index contributed by atoms with van der Waals surface area (Å²) in [7, 11) is -3.27. The van der Waals surface area contributed by atoms with Crippen LogP contribution < -0.4 is 10.0 Å². The number of carbonyl (C=O) groups is 1. The van der Waals surface area contributed by atoms with Crippen molar-refractivity contribution < 1.29 is 13.2 Å². The minimum Gasteiger partial charge on any atom is -0.323 e. The Labute approximate surface area is 141 Å². The first-order valence-corrected chi connectivity index (χ1v) is 9.82. The van der Waals surface area contributed by atoms with Gasteiger partial charge in [-0.05, 0) is 24.3 Å². The molecule has 1 aliphatic rings. The summed E-state index contributed by atoms with van der Waals surface area (Å²) in [5.41, 5.74) is 0.760. The molecule has 1 heterocycles. The van der Waals surface area contributed by atoms with E-state index < -0.39 is 10.0 Å². The lowest BCUT2D eigenvalue weighted by atomic mass is 10.1. The molecule has 0 radical (unpaired) electrons. The van der Waals surface area contributed by atoms with Crippen molar-refractivity contribution in [1.82, 2.24) is 9.62 Å². The molecular weight excluding hydrogens is 326 g/mol. The number of fused-ring (bicyclic) bond motifs is 1. The predicted octanol–water partition coefficient (Wildman–Crippen LogP) is 2.39. The van der Waals surface area contributed by atoms with Crippen LogP contribution in [0.4, 0.5) is 10.5 Å². The van der Waals surface area contributed by atoms with E-state index in [9.17, 15) is 13.2 Å². The maximum absolute atomic E-state index is 12.6. The van der Waals surface area contributed by atoms with Crippen molar-refractivity contribution in [1.29, 1.82) is 0 Å². The van der Waals surface area contributed by atoms with E-state index in [0.717, 1.165) is 35.6 Å². The molecule has 1 aliphatic heterocycles. The summed E-state index contributed by atoms with van der Waals surface area (Å²) in [6, 6.07) is 13.2. The molecule has 2 aromatic rings. The third-order valence-corrected chi connectivity index (χ3v) is 4.88. The van der Waals surface area contributed by atoms with Gasteiger partial charge in [0, 0.05) is 24.5 Å². The van der Waals surface area contributed by atoms with E-state index >= 15 is 0 Å². The topological polar surface area (TPSA) is 78.5 Å². The Morgan fingerprint density at radius 2 is 1.92 bits per heavy atom. The van der Waals surface area contributed by atoms with Crippen molar-refractivity contribution in [2.24, 2.45) is 0 Å². The number of amides is 2. The van der Waals surface area contributed by atoms with Gasteiger partial charge in [-0.2, -0.15) is 0 Å². The molecule has 0 saturated carbocycles. The van der Waals surface area contributed by atoms with Gasteiger partial charge < -0.3 is 10.2 Å².